The smallest absolute Gasteiger partial charge is 0.0914 e. The number of nitrogens with one attached hydrogen (secondary N) is 2. The fourth-order valence-corrected chi connectivity index (χ4v) is 2.97. The number of aromatic nitrogens is 2. The first kappa shape index (κ1) is 14.0. The maximum atomic E-state index is 10.1. The number of hydrogen-bond acceptors (Lipinski definition) is 4. The zero-order valence-corrected chi connectivity index (χ0v) is 12.3. The summed E-state index contributed by atoms with van der Waals surface area (Å²) < 4.78 is 0. The number of nitrogens with zero attached hydrogens (tertiary/aromatic N) is 1. The highest BCUT2D eigenvalue weighted by molar-refractivity contribution is 7.13. The van der Waals surface area contributed by atoms with Crippen LogP contribution in [0.3, 0.4) is 0 Å². The fourth-order valence-electron chi connectivity index (χ4n) is 2.22. The predicted octanol–water partition coefficient (Wildman–Crippen LogP) is 2.96. The number of aliphatic hydroxyl groups excluding tert-OH is 1. The number of aliphatic hydroxyl groups is 1. The van der Waals surface area contributed by atoms with Gasteiger partial charge in [0.25, 0.3) is 0 Å². The molecule has 21 heavy (non-hydrogen) atoms. The molecule has 4 nitrogen and oxygen atoms in total. The summed E-state index contributed by atoms with van der Waals surface area (Å²) >= 11 is 1.68. The van der Waals surface area contributed by atoms with Gasteiger partial charge in [-0.2, -0.15) is 5.10 Å². The van der Waals surface area contributed by atoms with E-state index >= 15 is 0 Å². The Morgan fingerprint density at radius 1 is 1.19 bits per heavy atom. The van der Waals surface area contributed by atoms with Crippen molar-refractivity contribution in [1.82, 2.24) is 15.5 Å². The van der Waals surface area contributed by atoms with Crippen LogP contribution in [0.25, 0.3) is 10.6 Å². The SMILES string of the molecule is OC(CNCc1cn[nH]c1-c1cccs1)c1ccccc1. The van der Waals surface area contributed by atoms with Crippen LogP contribution < -0.4 is 5.32 Å². The second-order valence-electron chi connectivity index (χ2n) is 4.80. The van der Waals surface area contributed by atoms with Crippen LogP contribution in [0.2, 0.25) is 0 Å². The van der Waals surface area contributed by atoms with Gasteiger partial charge in [-0.1, -0.05) is 36.4 Å². The van der Waals surface area contributed by atoms with Crippen molar-refractivity contribution in [3.05, 3.63) is 65.2 Å². The standard InChI is InChI=1S/C16H17N3OS/c20-14(12-5-2-1-3-6-12)11-17-9-13-10-18-19-16(13)15-7-4-8-21-15/h1-8,10,14,17,20H,9,11H2,(H,18,19). The van der Waals surface area contributed by atoms with Gasteiger partial charge in [0.15, 0.2) is 0 Å². The Morgan fingerprint density at radius 2 is 2.05 bits per heavy atom. The molecule has 0 aliphatic carbocycles. The summed E-state index contributed by atoms with van der Waals surface area (Å²) in [4.78, 5) is 1.17. The molecule has 2 heterocycles. The Hall–Kier alpha value is -1.95. The third-order valence-electron chi connectivity index (χ3n) is 3.32. The third-order valence-corrected chi connectivity index (χ3v) is 4.21. The highest BCUT2D eigenvalue weighted by Crippen LogP contribution is 2.25. The second-order valence-corrected chi connectivity index (χ2v) is 5.75. The Bertz CT molecular complexity index is 664. The number of rotatable bonds is 6. The first-order valence-corrected chi connectivity index (χ1v) is 7.72. The van der Waals surface area contributed by atoms with Crippen molar-refractivity contribution in [1.29, 1.82) is 0 Å². The Morgan fingerprint density at radius 3 is 2.81 bits per heavy atom. The molecule has 3 aromatic rings. The minimum Gasteiger partial charge on any atom is -0.387 e. The quantitative estimate of drug-likeness (QED) is 0.656. The van der Waals surface area contributed by atoms with Crippen molar-refractivity contribution in [2.24, 2.45) is 0 Å². The molecule has 1 aromatic carbocycles. The molecule has 0 spiro atoms. The van der Waals surface area contributed by atoms with E-state index in [-0.39, 0.29) is 0 Å². The molecule has 1 unspecified atom stereocenters. The van der Waals surface area contributed by atoms with Crippen molar-refractivity contribution < 1.29 is 5.11 Å². The van der Waals surface area contributed by atoms with Crippen LogP contribution in [0.5, 0.6) is 0 Å². The van der Waals surface area contributed by atoms with Crippen LogP contribution in [0.4, 0.5) is 0 Å². The lowest BCUT2D eigenvalue weighted by Gasteiger charge is -2.12. The van der Waals surface area contributed by atoms with Gasteiger partial charge >= 0.3 is 0 Å². The fraction of sp³-hybridized carbons (Fsp3) is 0.188. The minimum absolute atomic E-state index is 0.497. The van der Waals surface area contributed by atoms with Gasteiger partial charge in [-0.3, -0.25) is 5.10 Å². The van der Waals surface area contributed by atoms with Crippen molar-refractivity contribution in [3.8, 4) is 10.6 Å². The summed E-state index contributed by atoms with van der Waals surface area (Å²) in [5.74, 6) is 0. The number of H-pyrrole nitrogens is 1. The Balaban J connectivity index is 1.58. The van der Waals surface area contributed by atoms with Gasteiger partial charge in [-0.25, -0.2) is 0 Å². The summed E-state index contributed by atoms with van der Waals surface area (Å²) in [5, 5.41) is 22.6. The zero-order valence-electron chi connectivity index (χ0n) is 11.5. The van der Waals surface area contributed by atoms with Gasteiger partial charge < -0.3 is 10.4 Å². The van der Waals surface area contributed by atoms with E-state index in [1.807, 2.05) is 48.0 Å². The minimum atomic E-state index is -0.497. The van der Waals surface area contributed by atoms with E-state index in [1.54, 1.807) is 11.3 Å². The highest BCUT2D eigenvalue weighted by Gasteiger charge is 2.10. The van der Waals surface area contributed by atoms with E-state index in [0.29, 0.717) is 13.1 Å². The molecule has 2 aromatic heterocycles. The molecule has 0 aliphatic heterocycles. The molecule has 5 heteroatoms. The molecule has 3 rings (SSSR count). The van der Waals surface area contributed by atoms with Crippen molar-refractivity contribution in [2.75, 3.05) is 6.54 Å². The largest absolute Gasteiger partial charge is 0.387 e. The number of thiophene rings is 1. The molecule has 0 fully saturated rings. The number of hydrogen-bond donors (Lipinski definition) is 3. The van der Waals surface area contributed by atoms with Crippen LogP contribution in [-0.2, 0) is 6.54 Å². The van der Waals surface area contributed by atoms with E-state index < -0.39 is 6.10 Å². The van der Waals surface area contributed by atoms with Gasteiger partial charge in [0.05, 0.1) is 22.9 Å². The molecule has 108 valence electrons. The first-order chi connectivity index (χ1) is 10.3. The van der Waals surface area contributed by atoms with E-state index in [0.717, 1.165) is 16.8 Å². The van der Waals surface area contributed by atoms with Crippen molar-refractivity contribution in [2.45, 2.75) is 12.6 Å². The monoisotopic (exact) mass is 299 g/mol. The molecule has 0 amide bonds. The topological polar surface area (TPSA) is 60.9 Å². The second kappa shape index (κ2) is 6.67. The third kappa shape index (κ3) is 3.39. The van der Waals surface area contributed by atoms with Gasteiger partial charge in [0.2, 0.25) is 0 Å². The van der Waals surface area contributed by atoms with E-state index in [9.17, 15) is 5.11 Å². The predicted molar refractivity (Wildman–Crippen MR) is 85.0 cm³/mol. The van der Waals surface area contributed by atoms with E-state index in [2.05, 4.69) is 21.6 Å². The molecular formula is C16H17N3OS. The lowest BCUT2D eigenvalue weighted by Crippen LogP contribution is -2.21. The average Bonchev–Trinajstić information content (AvgIpc) is 3.18. The maximum absolute atomic E-state index is 10.1. The van der Waals surface area contributed by atoms with Crippen LogP contribution in [0, 0.1) is 0 Å². The normalized spacial score (nSPS) is 12.4. The lowest BCUT2D eigenvalue weighted by molar-refractivity contribution is 0.174. The van der Waals surface area contributed by atoms with Gasteiger partial charge in [-0.15, -0.1) is 11.3 Å². The van der Waals surface area contributed by atoms with E-state index in [1.165, 1.54) is 4.88 Å². The first-order valence-electron chi connectivity index (χ1n) is 6.84. The number of benzene rings is 1. The lowest BCUT2D eigenvalue weighted by atomic mass is 10.1. The van der Waals surface area contributed by atoms with Crippen LogP contribution in [0.1, 0.15) is 17.2 Å². The Labute approximate surface area is 127 Å². The highest BCUT2D eigenvalue weighted by atomic mass is 32.1. The summed E-state index contributed by atoms with van der Waals surface area (Å²) in [6, 6.07) is 13.8. The molecule has 0 saturated carbocycles. The van der Waals surface area contributed by atoms with Gasteiger partial charge in [-0.05, 0) is 17.0 Å². The molecule has 0 bridgehead atoms. The summed E-state index contributed by atoms with van der Waals surface area (Å²) in [7, 11) is 0. The van der Waals surface area contributed by atoms with Gasteiger partial charge in [0.1, 0.15) is 0 Å². The number of aromatic amines is 1. The maximum Gasteiger partial charge on any atom is 0.0914 e. The molecular weight excluding hydrogens is 282 g/mol. The summed E-state index contributed by atoms with van der Waals surface area (Å²) in [6.07, 6.45) is 1.33. The van der Waals surface area contributed by atoms with Crippen LogP contribution in [-0.4, -0.2) is 21.8 Å². The van der Waals surface area contributed by atoms with Gasteiger partial charge in [0, 0.05) is 18.7 Å². The summed E-state index contributed by atoms with van der Waals surface area (Å²) in [5.41, 5.74) is 3.08. The zero-order chi connectivity index (χ0) is 14.5. The average molecular weight is 299 g/mol. The van der Waals surface area contributed by atoms with Crippen molar-refractivity contribution in [3.63, 3.8) is 0 Å². The Kier molecular flexibility index (Phi) is 4.45. The molecule has 1 atom stereocenters. The van der Waals surface area contributed by atoms with Crippen molar-refractivity contribution >= 4 is 11.3 Å². The van der Waals surface area contributed by atoms with E-state index in [4.69, 9.17) is 0 Å². The molecule has 0 radical (unpaired) electrons. The molecule has 0 aliphatic rings. The van der Waals surface area contributed by atoms with Crippen LogP contribution >= 0.6 is 11.3 Å². The summed E-state index contributed by atoms with van der Waals surface area (Å²) in [6.45, 7) is 1.19. The molecule has 3 N–H and O–H groups in total. The molecule has 0 saturated heterocycles. The van der Waals surface area contributed by atoms with Crippen LogP contribution in [0.15, 0.2) is 54.0 Å².